The van der Waals surface area contributed by atoms with E-state index >= 15 is 0 Å². The largest absolute Gasteiger partial charge is 0.462 e. The number of halogens is 1. The maximum absolute atomic E-state index is 12.3. The van der Waals surface area contributed by atoms with Gasteiger partial charge in [0.1, 0.15) is 0 Å². The number of nitrogens with zero attached hydrogens (tertiary/aromatic N) is 2. The normalized spacial score (nSPS) is 10.8. The first-order chi connectivity index (χ1) is 13.8. The van der Waals surface area contributed by atoms with Crippen LogP contribution in [-0.2, 0) is 4.74 Å². The molecule has 7 nitrogen and oxygen atoms in total. The first-order valence-corrected chi connectivity index (χ1v) is 9.54. The highest BCUT2D eigenvalue weighted by atomic mass is 35.5. The SMILES string of the molecule is CCCOC(=O)c1cc(-[n+]2[nH]c(C)c(-c3cccc([N+](=O)[O-])c3)c2C)ccc1Cl. The maximum Gasteiger partial charge on any atom is 0.339 e. The lowest BCUT2D eigenvalue weighted by atomic mass is 10.0. The number of nitro groups is 1. The summed E-state index contributed by atoms with van der Waals surface area (Å²) in [6, 6.07) is 11.6. The van der Waals surface area contributed by atoms with Crippen LogP contribution in [0.25, 0.3) is 16.8 Å². The van der Waals surface area contributed by atoms with Crippen LogP contribution in [0.1, 0.15) is 35.1 Å². The summed E-state index contributed by atoms with van der Waals surface area (Å²) < 4.78 is 7.02. The van der Waals surface area contributed by atoms with Crippen molar-refractivity contribution in [1.82, 2.24) is 5.10 Å². The zero-order valence-corrected chi connectivity index (χ0v) is 17.1. The molecule has 3 aromatic rings. The molecule has 0 aliphatic carbocycles. The molecule has 0 spiro atoms. The summed E-state index contributed by atoms with van der Waals surface area (Å²) >= 11 is 6.19. The fourth-order valence-electron chi connectivity index (χ4n) is 3.23. The van der Waals surface area contributed by atoms with Crippen molar-refractivity contribution in [1.29, 1.82) is 0 Å². The number of nitrogens with one attached hydrogen (secondary N) is 1. The molecule has 29 heavy (non-hydrogen) atoms. The molecule has 3 rings (SSSR count). The molecule has 0 saturated heterocycles. The van der Waals surface area contributed by atoms with Gasteiger partial charge in [-0.15, -0.1) is 0 Å². The van der Waals surface area contributed by atoms with Gasteiger partial charge in [-0.3, -0.25) is 10.1 Å². The molecule has 0 aliphatic rings. The minimum absolute atomic E-state index is 0.0292. The molecule has 0 saturated carbocycles. The van der Waals surface area contributed by atoms with Crippen molar-refractivity contribution in [2.24, 2.45) is 0 Å². The van der Waals surface area contributed by atoms with E-state index in [1.54, 1.807) is 30.3 Å². The Morgan fingerprint density at radius 2 is 2.00 bits per heavy atom. The van der Waals surface area contributed by atoms with Crippen molar-refractivity contribution >= 4 is 23.3 Å². The molecule has 0 aliphatic heterocycles. The van der Waals surface area contributed by atoms with E-state index in [0.29, 0.717) is 17.3 Å². The average molecular weight is 415 g/mol. The number of benzene rings is 2. The first-order valence-electron chi connectivity index (χ1n) is 9.16. The van der Waals surface area contributed by atoms with Gasteiger partial charge in [-0.05, 0) is 25.0 Å². The second kappa shape index (κ2) is 8.45. The fourth-order valence-corrected chi connectivity index (χ4v) is 3.43. The molecule has 150 valence electrons. The van der Waals surface area contributed by atoms with Crippen molar-refractivity contribution in [3.05, 3.63) is 74.6 Å². The lowest BCUT2D eigenvalue weighted by Crippen LogP contribution is -2.35. The summed E-state index contributed by atoms with van der Waals surface area (Å²) in [7, 11) is 0. The third kappa shape index (κ3) is 4.14. The molecule has 8 heteroatoms. The molecule has 1 N–H and O–H groups in total. The number of ether oxygens (including phenoxy) is 1. The van der Waals surface area contributed by atoms with Crippen LogP contribution in [0.4, 0.5) is 5.69 Å². The zero-order chi connectivity index (χ0) is 21.1. The van der Waals surface area contributed by atoms with E-state index < -0.39 is 10.9 Å². The van der Waals surface area contributed by atoms with E-state index in [1.807, 2.05) is 31.5 Å². The number of carbonyl (C=O) groups is 1. The van der Waals surface area contributed by atoms with Crippen molar-refractivity contribution < 1.29 is 19.1 Å². The van der Waals surface area contributed by atoms with E-state index in [9.17, 15) is 14.9 Å². The Kier molecular flexibility index (Phi) is 5.98. The predicted molar refractivity (Wildman–Crippen MR) is 109 cm³/mol. The minimum Gasteiger partial charge on any atom is -0.462 e. The molecule has 0 radical (unpaired) electrons. The van der Waals surface area contributed by atoms with E-state index in [1.165, 1.54) is 6.07 Å². The number of esters is 1. The number of hydrogen-bond donors (Lipinski definition) is 1. The third-order valence-corrected chi connectivity index (χ3v) is 4.89. The van der Waals surface area contributed by atoms with Gasteiger partial charge in [0.15, 0.2) is 0 Å². The number of aromatic amines is 1. The van der Waals surface area contributed by atoms with Gasteiger partial charge in [0, 0.05) is 31.2 Å². The van der Waals surface area contributed by atoms with Crippen molar-refractivity contribution in [2.45, 2.75) is 27.2 Å². The van der Waals surface area contributed by atoms with Crippen molar-refractivity contribution in [2.75, 3.05) is 6.61 Å². The molecule has 1 heterocycles. The molecule has 0 unspecified atom stereocenters. The molecular weight excluding hydrogens is 394 g/mol. The summed E-state index contributed by atoms with van der Waals surface area (Å²) in [5, 5.41) is 14.7. The van der Waals surface area contributed by atoms with Crippen LogP contribution in [0, 0.1) is 24.0 Å². The van der Waals surface area contributed by atoms with Gasteiger partial charge in [-0.1, -0.05) is 35.3 Å². The van der Waals surface area contributed by atoms with Gasteiger partial charge >= 0.3 is 5.97 Å². The van der Waals surface area contributed by atoms with Crippen molar-refractivity contribution in [3.8, 4) is 16.8 Å². The van der Waals surface area contributed by atoms with Crippen LogP contribution < -0.4 is 4.68 Å². The molecule has 0 fully saturated rings. The van der Waals surface area contributed by atoms with Gasteiger partial charge in [0.05, 0.1) is 33.4 Å². The van der Waals surface area contributed by atoms with E-state index in [-0.39, 0.29) is 11.3 Å². The van der Waals surface area contributed by atoms with Gasteiger partial charge in [0.25, 0.3) is 5.69 Å². The Balaban J connectivity index is 2.06. The van der Waals surface area contributed by atoms with Crippen LogP contribution in [0.2, 0.25) is 5.02 Å². The number of aryl methyl sites for hydroxylation is 1. The first kappa shape index (κ1) is 20.5. The third-order valence-electron chi connectivity index (χ3n) is 4.56. The lowest BCUT2D eigenvalue weighted by Gasteiger charge is -2.05. The fraction of sp³-hybridized carbons (Fsp3) is 0.238. The molecular formula is C21H21ClN3O4+. The minimum atomic E-state index is -0.473. The average Bonchev–Trinajstić information content (AvgIpc) is 3.00. The summed E-state index contributed by atoms with van der Waals surface area (Å²) in [4.78, 5) is 23.0. The number of hydrogen-bond acceptors (Lipinski definition) is 4. The van der Waals surface area contributed by atoms with E-state index in [4.69, 9.17) is 16.3 Å². The molecule has 0 bridgehead atoms. The van der Waals surface area contributed by atoms with Crippen LogP contribution in [0.15, 0.2) is 42.5 Å². The number of rotatable bonds is 6. The zero-order valence-electron chi connectivity index (χ0n) is 16.4. The highest BCUT2D eigenvalue weighted by Crippen LogP contribution is 2.28. The highest BCUT2D eigenvalue weighted by molar-refractivity contribution is 6.33. The Morgan fingerprint density at radius 3 is 2.69 bits per heavy atom. The number of H-pyrrole nitrogens is 1. The van der Waals surface area contributed by atoms with Crippen LogP contribution in [0.3, 0.4) is 0 Å². The van der Waals surface area contributed by atoms with Gasteiger partial charge in [-0.2, -0.15) is 5.10 Å². The Morgan fingerprint density at radius 1 is 1.24 bits per heavy atom. The number of nitro benzene ring substituents is 1. The summed E-state index contributed by atoms with van der Waals surface area (Å²) in [6.45, 7) is 6.04. The van der Waals surface area contributed by atoms with E-state index in [2.05, 4.69) is 5.10 Å². The van der Waals surface area contributed by atoms with Crippen LogP contribution >= 0.6 is 11.6 Å². The molecule has 1 aromatic heterocycles. The van der Waals surface area contributed by atoms with E-state index in [0.717, 1.165) is 28.9 Å². The standard InChI is InChI=1S/C21H20ClN3O4/c1-4-10-29-21(26)18-12-16(8-9-19(18)22)24-14(3)20(13(2)23-24)15-6-5-7-17(11-15)25(27)28/h5-9,11-12H,4,10H2,1-3H3/p+1. The monoisotopic (exact) mass is 414 g/mol. The Bertz CT molecular complexity index is 1090. The highest BCUT2D eigenvalue weighted by Gasteiger charge is 2.25. The quantitative estimate of drug-likeness (QED) is 0.274. The number of non-ortho nitro benzene ring substituents is 1. The topological polar surface area (TPSA) is 89.1 Å². The Hall–Kier alpha value is -3.19. The van der Waals surface area contributed by atoms with Gasteiger partial charge < -0.3 is 4.74 Å². The predicted octanol–water partition coefficient (Wildman–Crippen LogP) is 4.70. The van der Waals surface area contributed by atoms with Gasteiger partial charge in [-0.25, -0.2) is 4.79 Å². The van der Waals surface area contributed by atoms with Crippen LogP contribution in [0.5, 0.6) is 0 Å². The molecule has 0 amide bonds. The second-order valence-electron chi connectivity index (χ2n) is 6.64. The summed E-state index contributed by atoms with van der Waals surface area (Å²) in [6.07, 6.45) is 0.722. The summed E-state index contributed by atoms with van der Waals surface area (Å²) in [5.41, 5.74) is 4.30. The number of carbonyl (C=O) groups excluding carboxylic acids is 1. The van der Waals surface area contributed by atoms with Gasteiger partial charge in [0.2, 0.25) is 11.4 Å². The summed E-state index contributed by atoms with van der Waals surface area (Å²) in [5.74, 6) is -0.473. The smallest absolute Gasteiger partial charge is 0.339 e. The lowest BCUT2D eigenvalue weighted by molar-refractivity contribution is -0.661. The van der Waals surface area contributed by atoms with Crippen LogP contribution in [-0.4, -0.2) is 22.6 Å². The molecule has 0 atom stereocenters. The maximum atomic E-state index is 12.3. The molecule has 2 aromatic carbocycles. The Labute approximate surface area is 173 Å². The number of aromatic nitrogens is 2. The van der Waals surface area contributed by atoms with Crippen molar-refractivity contribution in [3.63, 3.8) is 0 Å². The second-order valence-corrected chi connectivity index (χ2v) is 7.05.